The van der Waals surface area contributed by atoms with Gasteiger partial charge in [-0.15, -0.1) is 11.6 Å². The van der Waals surface area contributed by atoms with Gasteiger partial charge in [0.25, 0.3) is 0 Å². The summed E-state index contributed by atoms with van der Waals surface area (Å²) in [5.41, 5.74) is 0. The smallest absolute Gasteiger partial charge is 0.214 e. The van der Waals surface area contributed by atoms with Crippen LogP contribution >= 0.6 is 11.6 Å². The minimum Gasteiger partial charge on any atom is -0.215 e. The maximum Gasteiger partial charge on any atom is 0.214 e. The highest BCUT2D eigenvalue weighted by molar-refractivity contribution is 7.89. The Bertz CT molecular complexity index is 478. The third kappa shape index (κ3) is 6.40. The number of nitrogens with zero attached hydrogens (tertiary/aromatic N) is 1. The van der Waals surface area contributed by atoms with Crippen LogP contribution < -0.4 is 4.72 Å². The molecule has 0 aliphatic carbocycles. The molecule has 0 radical (unpaired) electrons. The first-order valence-electron chi connectivity index (χ1n) is 6.23. The number of hydrogen-bond acceptors (Lipinski definition) is 4. The van der Waals surface area contributed by atoms with Crippen molar-refractivity contribution in [3.05, 3.63) is 0 Å². The highest BCUT2D eigenvalue weighted by Gasteiger charge is 2.28. The molecule has 1 N–H and O–H groups in total. The van der Waals surface area contributed by atoms with Gasteiger partial charge in [0, 0.05) is 25.5 Å². The van der Waals surface area contributed by atoms with Crippen LogP contribution in [0.15, 0.2) is 0 Å². The van der Waals surface area contributed by atoms with E-state index in [0.29, 0.717) is 31.9 Å². The molecule has 1 saturated heterocycles. The van der Waals surface area contributed by atoms with Crippen LogP contribution in [0, 0.1) is 5.92 Å². The van der Waals surface area contributed by atoms with Crippen LogP contribution in [-0.2, 0) is 20.0 Å². The standard InChI is InChI=1S/C10H21ClN2O4S2/c1-18(14,15)12-8-10-4-2-6-13(9-10)19(16,17)7-3-5-11/h10,12H,2-9H2,1H3. The minimum absolute atomic E-state index is 0.0363. The maximum absolute atomic E-state index is 12.0. The number of alkyl halides is 1. The molecule has 1 rings (SSSR count). The van der Waals surface area contributed by atoms with Crippen molar-refractivity contribution >= 4 is 31.6 Å². The van der Waals surface area contributed by atoms with Crippen LogP contribution in [0.1, 0.15) is 19.3 Å². The van der Waals surface area contributed by atoms with E-state index < -0.39 is 20.0 Å². The molecule has 1 aliphatic heterocycles. The normalized spacial score (nSPS) is 22.5. The zero-order valence-corrected chi connectivity index (χ0v) is 13.4. The van der Waals surface area contributed by atoms with E-state index in [2.05, 4.69) is 4.72 Å². The first kappa shape index (κ1) is 17.2. The Morgan fingerprint density at radius 2 is 2.00 bits per heavy atom. The topological polar surface area (TPSA) is 83.6 Å². The Kier molecular flexibility index (Phi) is 6.52. The largest absolute Gasteiger partial charge is 0.215 e. The molecule has 0 saturated carbocycles. The van der Waals surface area contributed by atoms with Gasteiger partial charge in [-0.1, -0.05) is 0 Å². The van der Waals surface area contributed by atoms with Gasteiger partial charge in [-0.05, 0) is 25.2 Å². The second kappa shape index (κ2) is 7.21. The molecule has 0 bridgehead atoms. The Morgan fingerprint density at radius 3 is 2.58 bits per heavy atom. The minimum atomic E-state index is -3.26. The van der Waals surface area contributed by atoms with Crippen LogP contribution in [0.4, 0.5) is 0 Å². The predicted molar refractivity (Wildman–Crippen MR) is 76.3 cm³/mol. The fourth-order valence-corrected chi connectivity index (χ4v) is 4.52. The molecular formula is C10H21ClN2O4S2. The third-order valence-electron chi connectivity index (χ3n) is 3.05. The van der Waals surface area contributed by atoms with Crippen molar-refractivity contribution in [2.75, 3.05) is 37.5 Å². The van der Waals surface area contributed by atoms with E-state index in [4.69, 9.17) is 11.6 Å². The van der Waals surface area contributed by atoms with Gasteiger partial charge in [0.15, 0.2) is 0 Å². The van der Waals surface area contributed by atoms with Gasteiger partial charge >= 0.3 is 0 Å². The summed E-state index contributed by atoms with van der Waals surface area (Å²) in [6.45, 7) is 1.19. The summed E-state index contributed by atoms with van der Waals surface area (Å²) in [6.07, 6.45) is 3.14. The molecule has 0 aromatic carbocycles. The molecule has 0 spiro atoms. The maximum atomic E-state index is 12.0. The van der Waals surface area contributed by atoms with Gasteiger partial charge in [0.2, 0.25) is 20.0 Å². The third-order valence-corrected chi connectivity index (χ3v) is 5.93. The number of nitrogens with one attached hydrogen (secondary N) is 1. The fraction of sp³-hybridized carbons (Fsp3) is 1.00. The van der Waals surface area contributed by atoms with Crippen molar-refractivity contribution < 1.29 is 16.8 Å². The molecule has 114 valence electrons. The SMILES string of the molecule is CS(=O)(=O)NCC1CCCN(S(=O)(=O)CCCCl)C1. The fourth-order valence-electron chi connectivity index (χ4n) is 2.08. The van der Waals surface area contributed by atoms with Crippen LogP contribution in [0.2, 0.25) is 0 Å². The number of piperidine rings is 1. The molecule has 0 aromatic heterocycles. The van der Waals surface area contributed by atoms with E-state index in [9.17, 15) is 16.8 Å². The number of hydrogen-bond donors (Lipinski definition) is 1. The van der Waals surface area contributed by atoms with Crippen LogP contribution in [0.5, 0.6) is 0 Å². The van der Waals surface area contributed by atoms with Gasteiger partial charge in [-0.25, -0.2) is 25.9 Å². The summed E-state index contributed by atoms with van der Waals surface area (Å²) < 4.78 is 50.0. The average Bonchev–Trinajstić information content (AvgIpc) is 2.33. The molecule has 6 nitrogen and oxygen atoms in total. The Morgan fingerprint density at radius 1 is 1.32 bits per heavy atom. The van der Waals surface area contributed by atoms with E-state index in [0.717, 1.165) is 19.1 Å². The molecule has 1 aliphatic rings. The molecule has 19 heavy (non-hydrogen) atoms. The van der Waals surface area contributed by atoms with E-state index >= 15 is 0 Å². The second-order valence-electron chi connectivity index (χ2n) is 4.85. The van der Waals surface area contributed by atoms with Gasteiger partial charge in [0.1, 0.15) is 0 Å². The molecule has 0 amide bonds. The summed E-state index contributed by atoms with van der Waals surface area (Å²) in [6, 6.07) is 0. The van der Waals surface area contributed by atoms with Gasteiger partial charge < -0.3 is 0 Å². The van der Waals surface area contributed by atoms with Crippen molar-refractivity contribution in [2.24, 2.45) is 5.92 Å². The van der Waals surface area contributed by atoms with E-state index in [1.165, 1.54) is 4.31 Å². The molecule has 0 aromatic rings. The molecule has 1 fully saturated rings. The van der Waals surface area contributed by atoms with Crippen LogP contribution in [-0.4, -0.2) is 58.7 Å². The quantitative estimate of drug-likeness (QED) is 0.675. The second-order valence-corrected chi connectivity index (χ2v) is 9.14. The summed E-state index contributed by atoms with van der Waals surface area (Å²) in [4.78, 5) is 0. The first-order chi connectivity index (χ1) is 8.74. The lowest BCUT2D eigenvalue weighted by Crippen LogP contribution is -2.44. The molecule has 1 heterocycles. The molecule has 9 heteroatoms. The predicted octanol–water partition coefficient (Wildman–Crippen LogP) is 0.206. The zero-order valence-electron chi connectivity index (χ0n) is 11.0. The number of halogens is 1. The lowest BCUT2D eigenvalue weighted by Gasteiger charge is -2.31. The highest BCUT2D eigenvalue weighted by Crippen LogP contribution is 2.19. The summed E-state index contributed by atoms with van der Waals surface area (Å²) >= 11 is 5.52. The van der Waals surface area contributed by atoms with Crippen molar-refractivity contribution in [1.82, 2.24) is 9.03 Å². The Balaban J connectivity index is 2.54. The Labute approximate surface area is 120 Å². The Hall–Kier alpha value is 0.110. The first-order valence-corrected chi connectivity index (χ1v) is 10.3. The number of sulfonamides is 2. The van der Waals surface area contributed by atoms with Crippen molar-refractivity contribution in [3.63, 3.8) is 0 Å². The van der Waals surface area contributed by atoms with Gasteiger partial charge in [-0.2, -0.15) is 0 Å². The van der Waals surface area contributed by atoms with Crippen molar-refractivity contribution in [3.8, 4) is 0 Å². The summed E-state index contributed by atoms with van der Waals surface area (Å²) in [5.74, 6) is 0.420. The molecular weight excluding hydrogens is 312 g/mol. The van der Waals surface area contributed by atoms with Crippen LogP contribution in [0.3, 0.4) is 0 Å². The van der Waals surface area contributed by atoms with Gasteiger partial charge in [0.05, 0.1) is 12.0 Å². The van der Waals surface area contributed by atoms with E-state index in [1.807, 2.05) is 0 Å². The van der Waals surface area contributed by atoms with E-state index in [-0.39, 0.29) is 11.7 Å². The van der Waals surface area contributed by atoms with Gasteiger partial charge in [-0.3, -0.25) is 0 Å². The monoisotopic (exact) mass is 332 g/mol. The highest BCUT2D eigenvalue weighted by atomic mass is 35.5. The number of rotatable bonds is 7. The lowest BCUT2D eigenvalue weighted by atomic mass is 10.0. The van der Waals surface area contributed by atoms with Crippen LogP contribution in [0.25, 0.3) is 0 Å². The summed E-state index contributed by atoms with van der Waals surface area (Å²) in [7, 11) is -6.49. The summed E-state index contributed by atoms with van der Waals surface area (Å²) in [5, 5.41) is 0. The van der Waals surface area contributed by atoms with Crippen molar-refractivity contribution in [1.29, 1.82) is 0 Å². The molecule has 1 unspecified atom stereocenters. The van der Waals surface area contributed by atoms with Crippen molar-refractivity contribution in [2.45, 2.75) is 19.3 Å². The molecule has 1 atom stereocenters. The lowest BCUT2D eigenvalue weighted by molar-refractivity contribution is 0.267. The van der Waals surface area contributed by atoms with E-state index in [1.54, 1.807) is 0 Å². The average molecular weight is 333 g/mol. The zero-order chi connectivity index (χ0) is 14.5.